The summed E-state index contributed by atoms with van der Waals surface area (Å²) in [5.74, 6) is 2.29. The monoisotopic (exact) mass is 181 g/mol. The average Bonchev–Trinajstić information content (AvgIpc) is 2.64. The van der Waals surface area contributed by atoms with Crippen LogP contribution in [0.3, 0.4) is 0 Å². The predicted octanol–water partition coefficient (Wildman–Crippen LogP) is 2.10. The molecule has 1 spiro atoms. The summed E-state index contributed by atoms with van der Waals surface area (Å²) in [6, 6.07) is 1.51. The van der Waals surface area contributed by atoms with E-state index in [0.717, 1.165) is 12.0 Å². The first-order chi connectivity index (χ1) is 5.68. The zero-order chi connectivity index (χ0) is 8.51. The van der Waals surface area contributed by atoms with Crippen LogP contribution in [-0.2, 0) is 0 Å². The number of piperidine rings is 1. The normalized spacial score (nSPS) is 61.7. The van der Waals surface area contributed by atoms with Gasteiger partial charge in [0.1, 0.15) is 0 Å². The van der Waals surface area contributed by atoms with Gasteiger partial charge < -0.3 is 0 Å². The van der Waals surface area contributed by atoms with Crippen molar-refractivity contribution in [3.63, 3.8) is 0 Å². The van der Waals surface area contributed by atoms with Gasteiger partial charge in [0.25, 0.3) is 0 Å². The molecule has 3 aliphatic heterocycles. The summed E-state index contributed by atoms with van der Waals surface area (Å²) in [6.45, 7) is 8.82. The van der Waals surface area contributed by atoms with Gasteiger partial charge in [0.15, 0.2) is 0 Å². The van der Waals surface area contributed by atoms with Gasteiger partial charge in [0.2, 0.25) is 0 Å². The van der Waals surface area contributed by atoms with E-state index in [2.05, 4.69) is 37.1 Å². The molecule has 5 atom stereocenters. The van der Waals surface area contributed by atoms with Gasteiger partial charge in [-0.15, -0.1) is 11.8 Å². The molecule has 2 heteroatoms. The van der Waals surface area contributed by atoms with Crippen LogP contribution in [0.2, 0.25) is 0 Å². The van der Waals surface area contributed by atoms with Crippen LogP contribution in [0, 0.1) is 5.92 Å². The first-order valence-electron chi connectivity index (χ1n) is 4.78. The lowest BCUT2D eigenvalue weighted by Gasteiger charge is -2.38. The molecule has 3 aliphatic rings. The standard InChI is InChI=1S/C10H15NS/c1-6-4-9-10(7(2)5-12-10)11(9)8(6)3/h7-9H,1,4-5H2,2-3H3/t7-,8-,9?,10?,11?/m0/s1. The molecule has 0 aromatic heterocycles. The van der Waals surface area contributed by atoms with Crippen molar-refractivity contribution in [3.05, 3.63) is 12.2 Å². The van der Waals surface area contributed by atoms with Crippen molar-refractivity contribution >= 4 is 11.8 Å². The molecule has 0 radical (unpaired) electrons. The average molecular weight is 181 g/mol. The van der Waals surface area contributed by atoms with Crippen LogP contribution < -0.4 is 0 Å². The SMILES string of the molecule is C=C1CC2N([C@H]1C)C21SC[C@@H]1C. The Labute approximate surface area is 78.2 Å². The van der Waals surface area contributed by atoms with Gasteiger partial charge in [-0.1, -0.05) is 19.1 Å². The Balaban J connectivity index is 1.87. The molecule has 3 rings (SSSR count). The number of thioether (sulfide) groups is 1. The minimum atomic E-state index is 0.584. The lowest BCUT2D eigenvalue weighted by Crippen LogP contribution is -2.40. The highest BCUT2D eigenvalue weighted by Gasteiger charge is 2.74. The maximum absolute atomic E-state index is 4.11. The van der Waals surface area contributed by atoms with E-state index in [1.54, 1.807) is 0 Å². The Kier molecular flexibility index (Phi) is 1.20. The van der Waals surface area contributed by atoms with Crippen LogP contribution in [0.5, 0.6) is 0 Å². The van der Waals surface area contributed by atoms with Gasteiger partial charge in [0.05, 0.1) is 4.87 Å². The van der Waals surface area contributed by atoms with E-state index >= 15 is 0 Å². The van der Waals surface area contributed by atoms with Crippen molar-refractivity contribution in [3.8, 4) is 0 Å². The van der Waals surface area contributed by atoms with Gasteiger partial charge >= 0.3 is 0 Å². The van der Waals surface area contributed by atoms with E-state index in [4.69, 9.17) is 0 Å². The van der Waals surface area contributed by atoms with Crippen LogP contribution in [0.15, 0.2) is 12.2 Å². The van der Waals surface area contributed by atoms with E-state index in [0.29, 0.717) is 10.9 Å². The van der Waals surface area contributed by atoms with Gasteiger partial charge in [-0.05, 0) is 19.3 Å². The summed E-state index contributed by atoms with van der Waals surface area (Å²) in [7, 11) is 0. The number of hydrogen-bond acceptors (Lipinski definition) is 2. The number of rotatable bonds is 0. The summed E-state index contributed by atoms with van der Waals surface area (Å²) < 4.78 is 0. The minimum Gasteiger partial charge on any atom is -0.275 e. The first-order valence-corrected chi connectivity index (χ1v) is 5.76. The predicted molar refractivity (Wildman–Crippen MR) is 53.2 cm³/mol. The molecule has 66 valence electrons. The van der Waals surface area contributed by atoms with Gasteiger partial charge in [-0.3, -0.25) is 4.90 Å². The highest BCUT2D eigenvalue weighted by atomic mass is 32.2. The Morgan fingerprint density at radius 1 is 1.58 bits per heavy atom. The molecule has 1 nitrogen and oxygen atoms in total. The maximum atomic E-state index is 4.11. The Morgan fingerprint density at radius 3 is 2.67 bits per heavy atom. The number of nitrogens with zero attached hydrogens (tertiary/aromatic N) is 1. The van der Waals surface area contributed by atoms with Crippen molar-refractivity contribution in [2.45, 2.75) is 37.2 Å². The lowest BCUT2D eigenvalue weighted by molar-refractivity contribution is 0.366. The van der Waals surface area contributed by atoms with Crippen molar-refractivity contribution < 1.29 is 0 Å². The third kappa shape index (κ3) is 0.569. The first kappa shape index (κ1) is 7.45. The Morgan fingerprint density at radius 2 is 2.33 bits per heavy atom. The highest BCUT2D eigenvalue weighted by molar-refractivity contribution is 8.02. The molecule has 0 amide bonds. The molecule has 12 heavy (non-hydrogen) atoms. The number of fused-ring (bicyclic) bond motifs is 3. The van der Waals surface area contributed by atoms with Gasteiger partial charge in [-0.2, -0.15) is 0 Å². The minimum absolute atomic E-state index is 0.584. The van der Waals surface area contributed by atoms with Crippen LogP contribution in [-0.4, -0.2) is 27.6 Å². The Bertz CT molecular complexity index is 263. The summed E-state index contributed by atoms with van der Waals surface area (Å²) in [4.78, 5) is 3.26. The molecular weight excluding hydrogens is 166 g/mol. The zero-order valence-electron chi connectivity index (χ0n) is 7.71. The van der Waals surface area contributed by atoms with Crippen molar-refractivity contribution in [1.82, 2.24) is 4.90 Å². The third-order valence-corrected chi connectivity index (χ3v) is 5.90. The quantitative estimate of drug-likeness (QED) is 0.416. The van der Waals surface area contributed by atoms with E-state index in [9.17, 15) is 0 Å². The maximum Gasteiger partial charge on any atom is 0.0872 e. The van der Waals surface area contributed by atoms with E-state index in [1.165, 1.54) is 17.7 Å². The van der Waals surface area contributed by atoms with Crippen molar-refractivity contribution in [2.24, 2.45) is 5.92 Å². The molecule has 3 heterocycles. The fourth-order valence-electron chi connectivity index (χ4n) is 2.97. The van der Waals surface area contributed by atoms with Crippen molar-refractivity contribution in [1.29, 1.82) is 0 Å². The molecule has 0 aromatic rings. The fourth-order valence-corrected chi connectivity index (χ4v) is 4.59. The molecule has 3 fully saturated rings. The molecular formula is C10H15NS. The van der Waals surface area contributed by atoms with Gasteiger partial charge in [-0.25, -0.2) is 0 Å². The van der Waals surface area contributed by atoms with Gasteiger partial charge in [0, 0.05) is 17.8 Å². The second kappa shape index (κ2) is 1.93. The topological polar surface area (TPSA) is 3.01 Å². The molecule has 0 bridgehead atoms. The lowest BCUT2D eigenvalue weighted by atomic mass is 9.98. The smallest absolute Gasteiger partial charge is 0.0872 e. The summed E-state index contributed by atoms with van der Waals surface area (Å²) >= 11 is 2.16. The molecule has 0 saturated carbocycles. The fraction of sp³-hybridized carbons (Fsp3) is 0.800. The second-order valence-electron chi connectivity index (χ2n) is 4.43. The second-order valence-corrected chi connectivity index (χ2v) is 5.70. The molecule has 3 unspecified atom stereocenters. The molecule has 0 aromatic carbocycles. The molecule has 3 saturated heterocycles. The van der Waals surface area contributed by atoms with E-state index < -0.39 is 0 Å². The van der Waals surface area contributed by atoms with E-state index in [-0.39, 0.29) is 0 Å². The van der Waals surface area contributed by atoms with Crippen LogP contribution >= 0.6 is 11.8 Å². The van der Waals surface area contributed by atoms with E-state index in [1.807, 2.05) is 0 Å². The summed E-state index contributed by atoms with van der Waals surface area (Å²) in [5, 5.41) is 0. The summed E-state index contributed by atoms with van der Waals surface area (Å²) in [6.07, 6.45) is 1.26. The zero-order valence-corrected chi connectivity index (χ0v) is 8.53. The summed E-state index contributed by atoms with van der Waals surface area (Å²) in [5.41, 5.74) is 1.45. The van der Waals surface area contributed by atoms with Crippen molar-refractivity contribution in [2.75, 3.05) is 5.75 Å². The van der Waals surface area contributed by atoms with Crippen LogP contribution in [0.4, 0.5) is 0 Å². The highest BCUT2D eigenvalue weighted by Crippen LogP contribution is 2.68. The van der Waals surface area contributed by atoms with Crippen LogP contribution in [0.25, 0.3) is 0 Å². The molecule has 0 aliphatic carbocycles. The number of hydrogen-bond donors (Lipinski definition) is 0. The Hall–Kier alpha value is 0.0500. The third-order valence-electron chi connectivity index (χ3n) is 3.88. The van der Waals surface area contributed by atoms with Crippen LogP contribution in [0.1, 0.15) is 20.3 Å². The largest absolute Gasteiger partial charge is 0.275 e. The molecule has 0 N–H and O–H groups in total.